The first kappa shape index (κ1) is 18.3. The Labute approximate surface area is 166 Å². The fraction of sp³-hybridized carbons (Fsp3) is 0.182. The van der Waals surface area contributed by atoms with Gasteiger partial charge in [-0.2, -0.15) is 0 Å². The molecular formula is C22H20ClN3O2. The number of pyridine rings is 1. The molecule has 0 saturated heterocycles. The highest BCUT2D eigenvalue weighted by atomic mass is 35.5. The minimum atomic E-state index is -0.112. The van der Waals surface area contributed by atoms with Crippen LogP contribution >= 0.6 is 11.6 Å². The zero-order valence-electron chi connectivity index (χ0n) is 15.4. The van der Waals surface area contributed by atoms with Crippen LogP contribution in [0.1, 0.15) is 16.7 Å². The van der Waals surface area contributed by atoms with E-state index in [1.54, 1.807) is 0 Å². The molecule has 142 valence electrons. The van der Waals surface area contributed by atoms with Gasteiger partial charge in [0.25, 0.3) is 5.56 Å². The molecule has 0 saturated carbocycles. The van der Waals surface area contributed by atoms with Gasteiger partial charge >= 0.3 is 0 Å². The standard InChI is InChI=1S/C22H20ClN3O2/c1-13-2-3-14-9-15(22(28)26-20(14)8-13)6-7-24-21(27)10-16-12-25-19-5-4-17(23)11-18(16)19/h2-5,8-9,11-12,25H,6-7,10H2,1H3,(H,24,27)(H,26,28). The van der Waals surface area contributed by atoms with Gasteiger partial charge in [0.15, 0.2) is 0 Å². The monoisotopic (exact) mass is 393 g/mol. The van der Waals surface area contributed by atoms with E-state index in [0.29, 0.717) is 23.6 Å². The van der Waals surface area contributed by atoms with Crippen molar-refractivity contribution in [2.75, 3.05) is 6.54 Å². The molecule has 0 aliphatic carbocycles. The zero-order chi connectivity index (χ0) is 19.7. The molecule has 0 bridgehead atoms. The van der Waals surface area contributed by atoms with Crippen molar-refractivity contribution < 1.29 is 4.79 Å². The molecule has 2 aromatic carbocycles. The van der Waals surface area contributed by atoms with E-state index in [1.165, 1.54) is 0 Å². The maximum atomic E-state index is 12.3. The van der Waals surface area contributed by atoms with E-state index in [-0.39, 0.29) is 17.9 Å². The molecule has 0 aliphatic rings. The first-order valence-corrected chi connectivity index (χ1v) is 9.52. The van der Waals surface area contributed by atoms with Crippen molar-refractivity contribution in [1.29, 1.82) is 0 Å². The Hall–Kier alpha value is -3.05. The molecular weight excluding hydrogens is 374 g/mol. The van der Waals surface area contributed by atoms with Crippen molar-refractivity contribution in [3.05, 3.63) is 80.7 Å². The molecule has 4 aromatic rings. The maximum absolute atomic E-state index is 12.3. The summed E-state index contributed by atoms with van der Waals surface area (Å²) < 4.78 is 0. The Morgan fingerprint density at radius 2 is 1.93 bits per heavy atom. The van der Waals surface area contributed by atoms with Crippen LogP contribution in [0.2, 0.25) is 5.02 Å². The van der Waals surface area contributed by atoms with Gasteiger partial charge in [-0.1, -0.05) is 23.7 Å². The van der Waals surface area contributed by atoms with Gasteiger partial charge in [-0.05, 0) is 60.2 Å². The summed E-state index contributed by atoms with van der Waals surface area (Å²) in [5.41, 5.74) is 4.32. The summed E-state index contributed by atoms with van der Waals surface area (Å²) in [4.78, 5) is 30.7. The third-order valence-electron chi connectivity index (χ3n) is 4.88. The number of amides is 1. The second-order valence-corrected chi connectivity index (χ2v) is 7.43. The Kier molecular flexibility index (Phi) is 4.92. The molecule has 6 heteroatoms. The second kappa shape index (κ2) is 7.52. The second-order valence-electron chi connectivity index (χ2n) is 6.99. The van der Waals surface area contributed by atoms with E-state index in [4.69, 9.17) is 11.6 Å². The van der Waals surface area contributed by atoms with Gasteiger partial charge in [0.05, 0.1) is 6.42 Å². The van der Waals surface area contributed by atoms with E-state index in [1.807, 2.05) is 55.6 Å². The molecule has 0 spiro atoms. The van der Waals surface area contributed by atoms with Crippen LogP contribution in [0.3, 0.4) is 0 Å². The number of halogens is 1. The van der Waals surface area contributed by atoms with Crippen molar-refractivity contribution in [2.24, 2.45) is 0 Å². The summed E-state index contributed by atoms with van der Waals surface area (Å²) in [6.07, 6.45) is 2.56. The van der Waals surface area contributed by atoms with Crippen LogP contribution in [0.4, 0.5) is 0 Å². The molecule has 5 nitrogen and oxygen atoms in total. The van der Waals surface area contributed by atoms with Crippen LogP contribution in [0.25, 0.3) is 21.8 Å². The molecule has 28 heavy (non-hydrogen) atoms. The normalized spacial score (nSPS) is 11.2. The highest BCUT2D eigenvalue weighted by Crippen LogP contribution is 2.22. The van der Waals surface area contributed by atoms with Crippen LogP contribution in [-0.4, -0.2) is 22.4 Å². The number of carbonyl (C=O) groups excluding carboxylic acids is 1. The average Bonchev–Trinajstić information content (AvgIpc) is 3.04. The van der Waals surface area contributed by atoms with Crippen LogP contribution in [0.15, 0.2) is 53.5 Å². The lowest BCUT2D eigenvalue weighted by molar-refractivity contribution is -0.120. The van der Waals surface area contributed by atoms with Gasteiger partial charge in [0, 0.05) is 39.7 Å². The Morgan fingerprint density at radius 1 is 1.07 bits per heavy atom. The Balaban J connectivity index is 1.40. The number of fused-ring (bicyclic) bond motifs is 2. The minimum absolute atomic E-state index is 0.0891. The zero-order valence-corrected chi connectivity index (χ0v) is 16.2. The number of carbonyl (C=O) groups is 1. The molecule has 1 amide bonds. The predicted octanol–water partition coefficient (Wildman–Crippen LogP) is 3.87. The summed E-state index contributed by atoms with van der Waals surface area (Å²) in [5.74, 6) is -0.0891. The summed E-state index contributed by atoms with van der Waals surface area (Å²) in [6, 6.07) is 13.4. The summed E-state index contributed by atoms with van der Waals surface area (Å²) in [7, 11) is 0. The number of aryl methyl sites for hydroxylation is 1. The molecule has 0 radical (unpaired) electrons. The topological polar surface area (TPSA) is 77.8 Å². The van der Waals surface area contributed by atoms with E-state index < -0.39 is 0 Å². The third kappa shape index (κ3) is 3.80. The number of rotatable bonds is 5. The number of nitrogens with one attached hydrogen (secondary N) is 3. The Morgan fingerprint density at radius 3 is 2.79 bits per heavy atom. The number of benzene rings is 2. The molecule has 0 unspecified atom stereocenters. The quantitative estimate of drug-likeness (QED) is 0.481. The average molecular weight is 394 g/mol. The van der Waals surface area contributed by atoms with E-state index >= 15 is 0 Å². The van der Waals surface area contributed by atoms with Crippen LogP contribution in [0, 0.1) is 6.92 Å². The third-order valence-corrected chi connectivity index (χ3v) is 5.11. The Bertz CT molecular complexity index is 1240. The fourth-order valence-electron chi connectivity index (χ4n) is 3.41. The molecule has 0 aliphatic heterocycles. The maximum Gasteiger partial charge on any atom is 0.251 e. The highest BCUT2D eigenvalue weighted by molar-refractivity contribution is 6.31. The van der Waals surface area contributed by atoms with Crippen molar-refractivity contribution in [3.8, 4) is 0 Å². The smallest absolute Gasteiger partial charge is 0.251 e. The van der Waals surface area contributed by atoms with Crippen LogP contribution in [0.5, 0.6) is 0 Å². The first-order valence-electron chi connectivity index (χ1n) is 9.14. The van der Waals surface area contributed by atoms with Gasteiger partial charge < -0.3 is 15.3 Å². The van der Waals surface area contributed by atoms with E-state index in [2.05, 4.69) is 15.3 Å². The summed E-state index contributed by atoms with van der Waals surface area (Å²) in [5, 5.41) is 5.47. The van der Waals surface area contributed by atoms with Crippen molar-refractivity contribution in [1.82, 2.24) is 15.3 Å². The summed E-state index contributed by atoms with van der Waals surface area (Å²) in [6.45, 7) is 2.39. The molecule has 0 fully saturated rings. The van der Waals surface area contributed by atoms with Crippen molar-refractivity contribution in [3.63, 3.8) is 0 Å². The number of hydrogen-bond donors (Lipinski definition) is 3. The molecule has 0 atom stereocenters. The summed E-state index contributed by atoms with van der Waals surface area (Å²) >= 11 is 6.05. The fourth-order valence-corrected chi connectivity index (χ4v) is 3.59. The largest absolute Gasteiger partial charge is 0.361 e. The van der Waals surface area contributed by atoms with Crippen molar-refractivity contribution in [2.45, 2.75) is 19.8 Å². The molecule has 2 heterocycles. The lowest BCUT2D eigenvalue weighted by Gasteiger charge is -2.06. The van der Waals surface area contributed by atoms with Crippen LogP contribution < -0.4 is 10.9 Å². The predicted molar refractivity (Wildman–Crippen MR) is 113 cm³/mol. The molecule has 2 aromatic heterocycles. The number of aromatic amines is 2. The van der Waals surface area contributed by atoms with Gasteiger partial charge in [-0.15, -0.1) is 0 Å². The lowest BCUT2D eigenvalue weighted by Crippen LogP contribution is -2.28. The number of hydrogen-bond acceptors (Lipinski definition) is 2. The van der Waals surface area contributed by atoms with Gasteiger partial charge in [0.2, 0.25) is 5.91 Å². The molecule has 3 N–H and O–H groups in total. The minimum Gasteiger partial charge on any atom is -0.361 e. The van der Waals surface area contributed by atoms with Crippen molar-refractivity contribution >= 4 is 39.3 Å². The number of H-pyrrole nitrogens is 2. The van der Waals surface area contributed by atoms with E-state index in [0.717, 1.165) is 32.9 Å². The molecule has 4 rings (SSSR count). The van der Waals surface area contributed by atoms with Gasteiger partial charge in [-0.25, -0.2) is 0 Å². The lowest BCUT2D eigenvalue weighted by atomic mass is 10.1. The van der Waals surface area contributed by atoms with Gasteiger partial charge in [0.1, 0.15) is 0 Å². The number of aromatic nitrogens is 2. The highest BCUT2D eigenvalue weighted by Gasteiger charge is 2.10. The SMILES string of the molecule is Cc1ccc2cc(CCNC(=O)Cc3c[nH]c4ccc(Cl)cc34)c(=O)[nH]c2c1. The van der Waals surface area contributed by atoms with Gasteiger partial charge in [-0.3, -0.25) is 9.59 Å². The van der Waals surface area contributed by atoms with Crippen LogP contribution in [-0.2, 0) is 17.6 Å². The van der Waals surface area contributed by atoms with E-state index in [9.17, 15) is 9.59 Å². The first-order chi connectivity index (χ1) is 13.5.